The third-order valence-electron chi connectivity index (χ3n) is 5.15. The zero-order chi connectivity index (χ0) is 22.7. The molecule has 8 nitrogen and oxygen atoms in total. The Bertz CT molecular complexity index is 1160. The summed E-state index contributed by atoms with van der Waals surface area (Å²) in [6, 6.07) is 7.62. The Labute approximate surface area is 202 Å². The summed E-state index contributed by atoms with van der Waals surface area (Å²) < 4.78 is 7.25. The molecule has 3 aromatic rings. The summed E-state index contributed by atoms with van der Waals surface area (Å²) >= 11 is 6.32. The molecule has 1 aromatic carbocycles. The molecule has 0 bridgehead atoms. The van der Waals surface area contributed by atoms with Gasteiger partial charge in [0.15, 0.2) is 5.82 Å². The maximum Gasteiger partial charge on any atom is 0.341 e. The van der Waals surface area contributed by atoms with Crippen LogP contribution >= 0.6 is 39.0 Å². The van der Waals surface area contributed by atoms with Gasteiger partial charge in [-0.15, -0.1) is 21.5 Å². The van der Waals surface area contributed by atoms with Crippen molar-refractivity contribution < 1.29 is 14.3 Å². The minimum atomic E-state index is -0.398. The SMILES string of the molecule is COC(=O)c1c(NC(=O)CCSc2nnc(-c3ccccc3Br)n2N)sc2c1CCCC2. The molecule has 2 aromatic heterocycles. The summed E-state index contributed by atoms with van der Waals surface area (Å²) in [4.78, 5) is 26.1. The number of nitrogens with two attached hydrogens (primary N) is 1. The predicted octanol–water partition coefficient (Wildman–Crippen LogP) is 4.27. The average molecular weight is 536 g/mol. The second-order valence-corrected chi connectivity index (χ2v) is 10.2. The van der Waals surface area contributed by atoms with Crippen molar-refractivity contribution in [1.29, 1.82) is 0 Å². The van der Waals surface area contributed by atoms with E-state index in [1.54, 1.807) is 0 Å². The molecule has 1 aliphatic rings. The first-order valence-corrected chi connectivity index (χ1v) is 12.7. The van der Waals surface area contributed by atoms with Gasteiger partial charge >= 0.3 is 5.97 Å². The van der Waals surface area contributed by atoms with Crippen LogP contribution in [-0.2, 0) is 22.4 Å². The monoisotopic (exact) mass is 535 g/mol. The fourth-order valence-electron chi connectivity index (χ4n) is 3.60. The van der Waals surface area contributed by atoms with E-state index in [4.69, 9.17) is 10.6 Å². The lowest BCUT2D eigenvalue weighted by molar-refractivity contribution is -0.115. The number of nitrogens with one attached hydrogen (secondary N) is 1. The maximum atomic E-state index is 12.6. The number of benzene rings is 1. The number of carbonyl (C=O) groups is 2. The molecule has 168 valence electrons. The topological polar surface area (TPSA) is 112 Å². The third kappa shape index (κ3) is 4.69. The molecule has 0 fully saturated rings. The highest BCUT2D eigenvalue weighted by Crippen LogP contribution is 2.38. The standard InChI is InChI=1S/C21H22BrN5O3S2/c1-30-20(29)17-13-7-3-5-9-15(13)32-19(17)24-16(28)10-11-31-21-26-25-18(27(21)23)12-6-2-4-8-14(12)22/h2,4,6,8H,3,5,7,9-11,23H2,1H3,(H,24,28). The first-order valence-electron chi connectivity index (χ1n) is 10.1. The van der Waals surface area contributed by atoms with E-state index >= 15 is 0 Å². The number of thiophene rings is 1. The highest BCUT2D eigenvalue weighted by Gasteiger charge is 2.27. The molecule has 0 spiro atoms. The van der Waals surface area contributed by atoms with Gasteiger partial charge in [0.2, 0.25) is 11.1 Å². The number of nitrogen functional groups attached to an aromatic ring is 1. The number of aromatic nitrogens is 3. The molecule has 0 atom stereocenters. The number of hydrogen-bond donors (Lipinski definition) is 2. The van der Waals surface area contributed by atoms with E-state index in [-0.39, 0.29) is 12.3 Å². The molecular weight excluding hydrogens is 514 g/mol. The molecule has 0 unspecified atom stereocenters. The Morgan fingerprint density at radius 1 is 1.28 bits per heavy atom. The number of fused-ring (bicyclic) bond motifs is 1. The van der Waals surface area contributed by atoms with Crippen molar-refractivity contribution in [2.24, 2.45) is 0 Å². The highest BCUT2D eigenvalue weighted by molar-refractivity contribution is 9.10. The van der Waals surface area contributed by atoms with Crippen LogP contribution in [0, 0.1) is 0 Å². The van der Waals surface area contributed by atoms with E-state index in [0.717, 1.165) is 46.2 Å². The van der Waals surface area contributed by atoms with E-state index in [0.29, 0.717) is 27.3 Å². The number of halogens is 1. The zero-order valence-electron chi connectivity index (χ0n) is 17.4. The largest absolute Gasteiger partial charge is 0.465 e. The average Bonchev–Trinajstić information content (AvgIpc) is 3.33. The van der Waals surface area contributed by atoms with Gasteiger partial charge in [0, 0.05) is 27.1 Å². The van der Waals surface area contributed by atoms with Gasteiger partial charge in [0.25, 0.3) is 0 Å². The van der Waals surface area contributed by atoms with E-state index in [1.165, 1.54) is 34.9 Å². The number of hydrogen-bond acceptors (Lipinski definition) is 8. The number of rotatable bonds is 7. The number of ether oxygens (including phenoxy) is 1. The molecule has 0 aliphatic heterocycles. The Morgan fingerprint density at radius 2 is 2.06 bits per heavy atom. The molecular formula is C21H22BrN5O3S2. The number of methoxy groups -OCH3 is 1. The van der Waals surface area contributed by atoms with Crippen molar-refractivity contribution in [3.05, 3.63) is 44.7 Å². The van der Waals surface area contributed by atoms with Crippen LogP contribution in [0.1, 0.15) is 40.1 Å². The van der Waals surface area contributed by atoms with Crippen molar-refractivity contribution in [1.82, 2.24) is 14.9 Å². The Hall–Kier alpha value is -2.37. The van der Waals surface area contributed by atoms with Crippen LogP contribution in [0.5, 0.6) is 0 Å². The van der Waals surface area contributed by atoms with Crippen molar-refractivity contribution in [2.75, 3.05) is 24.0 Å². The lowest BCUT2D eigenvalue weighted by Gasteiger charge is -2.11. The van der Waals surface area contributed by atoms with Crippen LogP contribution in [0.2, 0.25) is 0 Å². The van der Waals surface area contributed by atoms with Crippen molar-refractivity contribution in [3.8, 4) is 11.4 Å². The Kier molecular flexibility index (Phi) is 7.17. The van der Waals surface area contributed by atoms with Crippen molar-refractivity contribution in [3.63, 3.8) is 0 Å². The summed E-state index contributed by atoms with van der Waals surface area (Å²) in [6.45, 7) is 0. The van der Waals surface area contributed by atoms with Crippen LogP contribution in [0.15, 0.2) is 33.9 Å². The quantitative estimate of drug-likeness (QED) is 0.264. The molecule has 0 saturated heterocycles. The van der Waals surface area contributed by atoms with Gasteiger partial charge in [-0.2, -0.15) is 0 Å². The van der Waals surface area contributed by atoms with Crippen molar-refractivity contribution >= 4 is 55.9 Å². The molecule has 1 amide bonds. The molecule has 2 heterocycles. The van der Waals surface area contributed by atoms with E-state index in [2.05, 4.69) is 31.4 Å². The second-order valence-electron chi connectivity index (χ2n) is 7.21. The molecule has 11 heteroatoms. The number of anilines is 1. The van der Waals surface area contributed by atoms with Crippen molar-refractivity contribution in [2.45, 2.75) is 37.3 Å². The number of esters is 1. The van der Waals surface area contributed by atoms with Crippen LogP contribution in [-0.4, -0.2) is 39.6 Å². The summed E-state index contributed by atoms with van der Waals surface area (Å²) in [5.41, 5.74) is 2.37. The van der Waals surface area contributed by atoms with Gasteiger partial charge < -0.3 is 15.9 Å². The van der Waals surface area contributed by atoms with Gasteiger partial charge in [-0.25, -0.2) is 9.47 Å². The summed E-state index contributed by atoms with van der Waals surface area (Å²) in [6.07, 6.45) is 4.15. The van der Waals surface area contributed by atoms with Gasteiger partial charge in [0.1, 0.15) is 5.00 Å². The van der Waals surface area contributed by atoms with Gasteiger partial charge in [0.05, 0.1) is 12.7 Å². The van der Waals surface area contributed by atoms with Gasteiger partial charge in [-0.1, -0.05) is 39.8 Å². The minimum Gasteiger partial charge on any atom is -0.465 e. The maximum absolute atomic E-state index is 12.6. The number of aryl methyl sites for hydroxylation is 1. The van der Waals surface area contributed by atoms with Crippen LogP contribution in [0.3, 0.4) is 0 Å². The normalized spacial score (nSPS) is 12.9. The number of amides is 1. The van der Waals surface area contributed by atoms with E-state index < -0.39 is 5.97 Å². The summed E-state index contributed by atoms with van der Waals surface area (Å²) in [5.74, 6) is 6.61. The second kappa shape index (κ2) is 10.1. The van der Waals surface area contributed by atoms with Gasteiger partial charge in [-0.05, 0) is 43.4 Å². The minimum absolute atomic E-state index is 0.171. The zero-order valence-corrected chi connectivity index (χ0v) is 20.6. The van der Waals surface area contributed by atoms with Crippen LogP contribution < -0.4 is 11.2 Å². The molecule has 0 saturated carbocycles. The molecule has 3 N–H and O–H groups in total. The molecule has 4 rings (SSSR count). The summed E-state index contributed by atoms with van der Waals surface area (Å²) in [7, 11) is 1.36. The lowest BCUT2D eigenvalue weighted by atomic mass is 9.95. The third-order valence-corrected chi connectivity index (χ3v) is 8.00. The molecule has 0 radical (unpaired) electrons. The van der Waals surface area contributed by atoms with E-state index in [1.807, 2.05) is 24.3 Å². The smallest absolute Gasteiger partial charge is 0.341 e. The Balaban J connectivity index is 1.39. The summed E-state index contributed by atoms with van der Waals surface area (Å²) in [5, 5.41) is 12.3. The first kappa shape index (κ1) is 22.8. The van der Waals surface area contributed by atoms with Crippen LogP contribution in [0.4, 0.5) is 5.00 Å². The van der Waals surface area contributed by atoms with E-state index in [9.17, 15) is 9.59 Å². The molecule has 1 aliphatic carbocycles. The predicted molar refractivity (Wildman–Crippen MR) is 130 cm³/mol. The number of thioether (sulfide) groups is 1. The van der Waals surface area contributed by atoms with Crippen LogP contribution in [0.25, 0.3) is 11.4 Å². The number of nitrogens with zero attached hydrogens (tertiary/aromatic N) is 3. The lowest BCUT2D eigenvalue weighted by Crippen LogP contribution is -2.16. The first-order chi connectivity index (χ1) is 15.5. The Morgan fingerprint density at radius 3 is 2.84 bits per heavy atom. The fraction of sp³-hybridized carbons (Fsp3) is 0.333. The highest BCUT2D eigenvalue weighted by atomic mass is 79.9. The van der Waals surface area contributed by atoms with Gasteiger partial charge in [-0.3, -0.25) is 4.79 Å². The fourth-order valence-corrected chi connectivity index (χ4v) is 6.15. The molecule has 32 heavy (non-hydrogen) atoms. The number of carbonyl (C=O) groups excluding carboxylic acids is 2.